The number of nitrogens with zero attached hydrogens (tertiary/aromatic N) is 1. The van der Waals surface area contributed by atoms with Crippen molar-refractivity contribution in [2.24, 2.45) is 0 Å². The van der Waals surface area contributed by atoms with E-state index in [1.807, 2.05) is 18.2 Å². The van der Waals surface area contributed by atoms with Crippen LogP contribution in [0.15, 0.2) is 22.8 Å². The zero-order valence-corrected chi connectivity index (χ0v) is 10.8. The van der Waals surface area contributed by atoms with Gasteiger partial charge in [0.05, 0.1) is 0 Å². The van der Waals surface area contributed by atoms with Crippen molar-refractivity contribution in [3.63, 3.8) is 0 Å². The predicted molar refractivity (Wildman–Crippen MR) is 65.1 cm³/mol. The second-order valence-corrected chi connectivity index (χ2v) is 6.28. The third-order valence-corrected chi connectivity index (χ3v) is 4.89. The molecule has 1 N–H and O–H groups in total. The fourth-order valence-electron chi connectivity index (χ4n) is 1.75. The SMILES string of the molecule is O=[P+](c1cccc(Br)n1)C1CCNCC1. The standard InChI is InChI=1S/C10H13BrN2OP/c11-9-2-1-3-10(13-9)15(14)8-4-6-12-7-5-8/h1-3,8,12H,4-7H2/q+1. The first-order chi connectivity index (χ1) is 7.27. The lowest BCUT2D eigenvalue weighted by molar-refractivity contribution is 0.507. The lowest BCUT2D eigenvalue weighted by Crippen LogP contribution is -2.30. The molecule has 2 heterocycles. The highest BCUT2D eigenvalue weighted by Gasteiger charge is 2.34. The van der Waals surface area contributed by atoms with Crippen molar-refractivity contribution in [1.82, 2.24) is 10.3 Å². The fraction of sp³-hybridized carbons (Fsp3) is 0.500. The van der Waals surface area contributed by atoms with Crippen molar-refractivity contribution in [3.8, 4) is 0 Å². The van der Waals surface area contributed by atoms with Crippen LogP contribution in [0.2, 0.25) is 0 Å². The van der Waals surface area contributed by atoms with Crippen LogP contribution in [0, 0.1) is 0 Å². The monoisotopic (exact) mass is 287 g/mol. The summed E-state index contributed by atoms with van der Waals surface area (Å²) in [5, 5.41) is 3.27. The average molecular weight is 288 g/mol. The zero-order valence-electron chi connectivity index (χ0n) is 8.32. The Hall–Kier alpha value is -0.310. The van der Waals surface area contributed by atoms with E-state index in [9.17, 15) is 4.57 Å². The molecular weight excluding hydrogens is 275 g/mol. The molecule has 1 saturated heterocycles. The Morgan fingerprint density at radius 1 is 1.40 bits per heavy atom. The van der Waals surface area contributed by atoms with Gasteiger partial charge in [-0.2, -0.15) is 4.98 Å². The van der Waals surface area contributed by atoms with Gasteiger partial charge in [0.15, 0.2) is 5.66 Å². The zero-order chi connectivity index (χ0) is 10.7. The first kappa shape index (κ1) is 11.2. The van der Waals surface area contributed by atoms with E-state index in [2.05, 4.69) is 26.2 Å². The van der Waals surface area contributed by atoms with Crippen molar-refractivity contribution in [2.45, 2.75) is 18.5 Å². The normalized spacial score (nSPS) is 18.9. The molecule has 1 aliphatic heterocycles. The summed E-state index contributed by atoms with van der Waals surface area (Å²) in [5.74, 6) is 0. The molecular formula is C10H13BrN2OP+. The number of rotatable bonds is 2. The number of nitrogens with one attached hydrogen (secondary N) is 1. The Morgan fingerprint density at radius 2 is 2.13 bits per heavy atom. The summed E-state index contributed by atoms with van der Waals surface area (Å²) in [5.41, 5.74) is 1.02. The quantitative estimate of drug-likeness (QED) is 0.669. The van der Waals surface area contributed by atoms with Crippen LogP contribution in [-0.2, 0) is 4.57 Å². The van der Waals surface area contributed by atoms with E-state index < -0.39 is 7.80 Å². The van der Waals surface area contributed by atoms with E-state index in [0.717, 1.165) is 36.0 Å². The molecule has 2 rings (SSSR count). The van der Waals surface area contributed by atoms with E-state index in [-0.39, 0.29) is 0 Å². The third kappa shape index (κ3) is 2.83. The van der Waals surface area contributed by atoms with Gasteiger partial charge in [0, 0.05) is 18.9 Å². The van der Waals surface area contributed by atoms with Gasteiger partial charge in [0.25, 0.3) is 5.44 Å². The highest BCUT2D eigenvalue weighted by molar-refractivity contribution is 9.10. The lowest BCUT2D eigenvalue weighted by Gasteiger charge is -2.14. The Bertz CT molecular complexity index is 366. The number of halogens is 1. The molecule has 3 nitrogen and oxygen atoms in total. The fourth-order valence-corrected chi connectivity index (χ4v) is 3.77. The summed E-state index contributed by atoms with van der Waals surface area (Å²) >= 11 is 3.30. The predicted octanol–water partition coefficient (Wildman–Crippen LogP) is 2.05. The summed E-state index contributed by atoms with van der Waals surface area (Å²) in [6.07, 6.45) is 1.98. The van der Waals surface area contributed by atoms with Crippen LogP contribution in [0.1, 0.15) is 12.8 Å². The van der Waals surface area contributed by atoms with Crippen molar-refractivity contribution < 1.29 is 4.57 Å². The first-order valence-electron chi connectivity index (χ1n) is 5.07. The Balaban J connectivity index is 2.12. The molecule has 0 amide bonds. The minimum absolute atomic E-state index is 0.294. The third-order valence-electron chi connectivity index (χ3n) is 2.57. The summed E-state index contributed by atoms with van der Waals surface area (Å²) in [4.78, 5) is 4.26. The first-order valence-corrected chi connectivity index (χ1v) is 7.19. The van der Waals surface area contributed by atoms with Gasteiger partial charge >= 0.3 is 7.80 Å². The van der Waals surface area contributed by atoms with Crippen molar-refractivity contribution in [1.29, 1.82) is 0 Å². The second-order valence-electron chi connectivity index (χ2n) is 3.63. The molecule has 0 aliphatic carbocycles. The van der Waals surface area contributed by atoms with Crippen LogP contribution < -0.4 is 10.8 Å². The Morgan fingerprint density at radius 3 is 2.80 bits per heavy atom. The van der Waals surface area contributed by atoms with E-state index in [0.29, 0.717) is 5.66 Å². The lowest BCUT2D eigenvalue weighted by atomic mass is 10.2. The van der Waals surface area contributed by atoms with E-state index >= 15 is 0 Å². The largest absolute Gasteiger partial charge is 0.400 e. The molecule has 5 heteroatoms. The van der Waals surface area contributed by atoms with Crippen molar-refractivity contribution in [3.05, 3.63) is 22.8 Å². The number of pyridine rings is 1. The molecule has 1 atom stereocenters. The summed E-state index contributed by atoms with van der Waals surface area (Å²) in [7, 11) is -1.34. The van der Waals surface area contributed by atoms with Crippen LogP contribution in [0.3, 0.4) is 0 Å². The number of hydrogen-bond donors (Lipinski definition) is 1. The molecule has 80 valence electrons. The highest BCUT2D eigenvalue weighted by atomic mass is 79.9. The van der Waals surface area contributed by atoms with Crippen molar-refractivity contribution >= 4 is 29.2 Å². The number of piperidine rings is 1. The van der Waals surface area contributed by atoms with Crippen LogP contribution in [-0.4, -0.2) is 23.7 Å². The van der Waals surface area contributed by atoms with Crippen LogP contribution in [0.25, 0.3) is 0 Å². The van der Waals surface area contributed by atoms with E-state index in [1.54, 1.807) is 0 Å². The Labute approximate surface area is 98.6 Å². The van der Waals surface area contributed by atoms with Crippen molar-refractivity contribution in [2.75, 3.05) is 13.1 Å². The van der Waals surface area contributed by atoms with Crippen LogP contribution in [0.4, 0.5) is 0 Å². The molecule has 1 aliphatic rings. The van der Waals surface area contributed by atoms with Gasteiger partial charge < -0.3 is 5.32 Å². The molecule has 1 fully saturated rings. The molecule has 1 aromatic rings. The van der Waals surface area contributed by atoms with Gasteiger partial charge in [-0.25, -0.2) is 0 Å². The van der Waals surface area contributed by atoms with Gasteiger partial charge in [-0.15, -0.1) is 0 Å². The van der Waals surface area contributed by atoms with Gasteiger partial charge in [-0.3, -0.25) is 0 Å². The summed E-state index contributed by atoms with van der Waals surface area (Å²) in [6.45, 7) is 1.94. The maximum Gasteiger partial charge on any atom is 0.400 e. The smallest absolute Gasteiger partial charge is 0.316 e. The van der Waals surface area contributed by atoms with Gasteiger partial charge in [0.1, 0.15) is 4.60 Å². The Kier molecular flexibility index (Phi) is 3.84. The molecule has 15 heavy (non-hydrogen) atoms. The minimum Gasteiger partial charge on any atom is -0.316 e. The molecule has 1 aromatic heterocycles. The number of aromatic nitrogens is 1. The summed E-state index contributed by atoms with van der Waals surface area (Å²) < 4.78 is 13.0. The average Bonchev–Trinajstić information content (AvgIpc) is 2.29. The molecule has 0 spiro atoms. The molecule has 0 bridgehead atoms. The molecule has 0 saturated carbocycles. The topological polar surface area (TPSA) is 42.0 Å². The van der Waals surface area contributed by atoms with Crippen LogP contribution in [0.5, 0.6) is 0 Å². The minimum atomic E-state index is -1.34. The van der Waals surface area contributed by atoms with Crippen LogP contribution >= 0.6 is 23.7 Å². The molecule has 0 radical (unpaired) electrons. The van der Waals surface area contributed by atoms with Gasteiger partial charge in [0.2, 0.25) is 0 Å². The van der Waals surface area contributed by atoms with E-state index in [4.69, 9.17) is 0 Å². The molecule has 1 unspecified atom stereocenters. The van der Waals surface area contributed by atoms with Gasteiger partial charge in [-0.05, 0) is 35.1 Å². The highest BCUT2D eigenvalue weighted by Crippen LogP contribution is 2.32. The van der Waals surface area contributed by atoms with Gasteiger partial charge in [-0.1, -0.05) is 10.6 Å². The maximum atomic E-state index is 12.2. The second kappa shape index (κ2) is 5.15. The maximum absolute atomic E-state index is 12.2. The molecule has 0 aromatic carbocycles. The van der Waals surface area contributed by atoms with E-state index in [1.165, 1.54) is 0 Å². The number of hydrogen-bond acceptors (Lipinski definition) is 3. The summed E-state index contributed by atoms with van der Waals surface area (Å²) in [6, 6.07) is 5.60.